The van der Waals surface area contributed by atoms with Gasteiger partial charge in [-0.3, -0.25) is 0 Å². The highest BCUT2D eigenvalue weighted by Crippen LogP contribution is 2.19. The molecular formula is C54H52N8+6. The molecule has 8 heteroatoms. The van der Waals surface area contributed by atoms with Gasteiger partial charge >= 0.3 is 0 Å². The molecule has 8 nitrogen and oxygen atoms in total. The number of hydrogen-bond donors (Lipinski definition) is 0. The van der Waals surface area contributed by atoms with Crippen molar-refractivity contribution in [1.82, 2.24) is 0 Å². The number of benzene rings is 2. The average molecular weight is 813 g/mol. The number of aryl methyl sites for hydroxylation is 3. The van der Waals surface area contributed by atoms with Gasteiger partial charge in [-0.25, -0.2) is 29.4 Å². The van der Waals surface area contributed by atoms with Crippen molar-refractivity contribution in [3.8, 4) is 45.1 Å². The molecule has 0 spiro atoms. The molecule has 8 aromatic rings. The van der Waals surface area contributed by atoms with Crippen LogP contribution in [0.5, 0.6) is 0 Å². The Morgan fingerprint density at radius 2 is 0.790 bits per heavy atom. The number of aromatic nitrogens is 6. The van der Waals surface area contributed by atoms with Crippen LogP contribution in [0.15, 0.2) is 190 Å². The molecule has 6 heterocycles. The molecule has 0 saturated heterocycles. The van der Waals surface area contributed by atoms with Gasteiger partial charge in [0, 0.05) is 114 Å². The molecule has 0 amide bonds. The van der Waals surface area contributed by atoms with Gasteiger partial charge in [0.15, 0.2) is 101 Å². The number of rotatable bonds is 16. The van der Waals surface area contributed by atoms with Crippen LogP contribution < -0.4 is 27.4 Å². The molecule has 62 heavy (non-hydrogen) atoms. The first-order valence-corrected chi connectivity index (χ1v) is 21.3. The Morgan fingerprint density at radius 1 is 0.452 bits per heavy atom. The maximum absolute atomic E-state index is 8.88. The summed E-state index contributed by atoms with van der Waals surface area (Å²) in [7, 11) is 0. The summed E-state index contributed by atoms with van der Waals surface area (Å²) in [6.07, 6.45) is 28.0. The fourth-order valence-electron chi connectivity index (χ4n) is 7.79. The highest BCUT2D eigenvalue weighted by atomic mass is 15.0. The molecular weight excluding hydrogens is 761 g/mol. The average Bonchev–Trinajstić information content (AvgIpc) is 3.31. The van der Waals surface area contributed by atoms with Crippen LogP contribution in [0.3, 0.4) is 0 Å². The van der Waals surface area contributed by atoms with Gasteiger partial charge in [-0.15, -0.1) is 0 Å². The third-order valence-electron chi connectivity index (χ3n) is 11.2. The van der Waals surface area contributed by atoms with Crippen molar-refractivity contribution in [1.29, 1.82) is 5.26 Å². The van der Waals surface area contributed by atoms with Crippen molar-refractivity contribution < 1.29 is 27.4 Å². The molecule has 0 unspecified atom stereocenters. The fourth-order valence-corrected chi connectivity index (χ4v) is 7.79. The lowest BCUT2D eigenvalue weighted by molar-refractivity contribution is -0.697. The van der Waals surface area contributed by atoms with Gasteiger partial charge < -0.3 is 4.85 Å². The van der Waals surface area contributed by atoms with Gasteiger partial charge in [0.25, 0.3) is 0 Å². The summed E-state index contributed by atoms with van der Waals surface area (Å²) >= 11 is 0. The van der Waals surface area contributed by atoms with Crippen LogP contribution in [0, 0.1) is 24.8 Å². The molecule has 0 aliphatic heterocycles. The Balaban J connectivity index is 0.993. The number of pyridine rings is 6. The third kappa shape index (κ3) is 10.9. The summed E-state index contributed by atoms with van der Waals surface area (Å²) in [6.45, 7) is 13.7. The van der Waals surface area contributed by atoms with E-state index in [9.17, 15) is 0 Å². The van der Waals surface area contributed by atoms with Crippen molar-refractivity contribution in [2.24, 2.45) is 0 Å². The second kappa shape index (κ2) is 20.1. The van der Waals surface area contributed by atoms with E-state index in [2.05, 4.69) is 235 Å². The van der Waals surface area contributed by atoms with E-state index in [1.54, 1.807) is 0 Å². The van der Waals surface area contributed by atoms with Crippen molar-refractivity contribution in [3.63, 3.8) is 0 Å². The van der Waals surface area contributed by atoms with E-state index < -0.39 is 0 Å². The van der Waals surface area contributed by atoms with Crippen LogP contribution in [0.4, 0.5) is 0 Å². The zero-order chi connectivity index (χ0) is 42.5. The van der Waals surface area contributed by atoms with Crippen LogP contribution in [0.2, 0.25) is 0 Å². The molecule has 2 aromatic carbocycles. The Hall–Kier alpha value is -7.68. The lowest BCUT2D eigenvalue weighted by Gasteiger charge is -2.07. The van der Waals surface area contributed by atoms with Gasteiger partial charge in [-0.2, -0.15) is 9.83 Å². The van der Waals surface area contributed by atoms with E-state index in [4.69, 9.17) is 11.8 Å². The molecule has 8 rings (SSSR count). The zero-order valence-electron chi connectivity index (χ0n) is 35.3. The summed E-state index contributed by atoms with van der Waals surface area (Å²) in [4.78, 5) is 3.47. The van der Waals surface area contributed by atoms with Crippen molar-refractivity contribution in [2.75, 3.05) is 6.54 Å². The summed E-state index contributed by atoms with van der Waals surface area (Å²) < 4.78 is 13.2. The summed E-state index contributed by atoms with van der Waals surface area (Å²) in [6, 6.07) is 43.9. The smallest absolute Gasteiger partial charge is 0.220 e. The number of unbranched alkanes of at least 4 members (excludes halogenated alkanes) is 1. The van der Waals surface area contributed by atoms with Gasteiger partial charge in [0.05, 0.1) is 12.5 Å². The Bertz CT molecular complexity index is 2660. The number of nitriles is 1. The quantitative estimate of drug-likeness (QED) is 0.0568. The standard InChI is InChI=1S/C54H52N8/c1-44-6-8-54(9-7-44)62-36-20-53(21-37-62)52-18-34-61(35-19-52)43-47-39-45(41-59-30-14-50(15-31-59)48-10-26-57(27-11-48)24-4-3-22-55)38-46(40-47)42-60-32-16-51(17-33-60)49-12-28-58(29-13-49)25-5-23-56-2/h6-21,26-40H,3-5,23-25,41-43H2,1H3/q+6. The minimum atomic E-state index is 0.558. The van der Waals surface area contributed by atoms with E-state index in [0.717, 1.165) is 51.3 Å². The first kappa shape index (κ1) is 41.1. The second-order valence-electron chi connectivity index (χ2n) is 15.9. The predicted octanol–water partition coefficient (Wildman–Crippen LogP) is 7.47. The van der Waals surface area contributed by atoms with Gasteiger partial charge in [-0.05, 0) is 58.5 Å². The van der Waals surface area contributed by atoms with Crippen LogP contribution in [-0.2, 0) is 32.7 Å². The minimum Gasteiger partial charge on any atom is -0.317 e. The predicted molar refractivity (Wildman–Crippen MR) is 238 cm³/mol. The van der Waals surface area contributed by atoms with E-state index in [1.807, 2.05) is 0 Å². The molecule has 6 aromatic heterocycles. The lowest BCUT2D eigenvalue weighted by Crippen LogP contribution is -2.36. The maximum Gasteiger partial charge on any atom is 0.220 e. The van der Waals surface area contributed by atoms with Crippen molar-refractivity contribution in [3.05, 3.63) is 223 Å². The van der Waals surface area contributed by atoms with Gasteiger partial charge in [0.2, 0.25) is 12.2 Å². The minimum absolute atomic E-state index is 0.558. The monoisotopic (exact) mass is 812 g/mol. The second-order valence-corrected chi connectivity index (χ2v) is 15.9. The summed E-state index contributed by atoms with van der Waals surface area (Å²) in [5.74, 6) is 0. The van der Waals surface area contributed by atoms with E-state index in [0.29, 0.717) is 13.0 Å². The van der Waals surface area contributed by atoms with Crippen LogP contribution in [-0.4, -0.2) is 6.54 Å². The molecule has 0 bridgehead atoms. The number of nitrogens with zero attached hydrogens (tertiary/aromatic N) is 8. The topological polar surface area (TPSA) is 51.4 Å². The summed E-state index contributed by atoms with van der Waals surface area (Å²) in [5.41, 5.74) is 13.2. The van der Waals surface area contributed by atoms with E-state index in [1.165, 1.54) is 55.6 Å². The SMILES string of the molecule is [C-]#[N+]CCC[n+]1ccc(-c2cc[n+](Cc3cc(C[n+]4ccc(-c5cc[n+](CCCC#N)cc5)cc4)cc(C[n+]4ccc(-c5cc[n+](-c6ccc(C)cc6)cc5)cc4)c3)cc2)cc1. The lowest BCUT2D eigenvalue weighted by atomic mass is 10.0. The zero-order valence-corrected chi connectivity index (χ0v) is 35.3. The Kier molecular flexibility index (Phi) is 13.3. The molecule has 0 aliphatic rings. The van der Waals surface area contributed by atoms with Gasteiger partial charge in [-0.1, -0.05) is 17.7 Å². The first-order valence-electron chi connectivity index (χ1n) is 21.3. The van der Waals surface area contributed by atoms with Crippen LogP contribution in [0.1, 0.15) is 41.5 Å². The summed E-state index contributed by atoms with van der Waals surface area (Å²) in [5, 5.41) is 8.88. The van der Waals surface area contributed by atoms with Gasteiger partial charge in [0.1, 0.15) is 6.54 Å². The highest BCUT2D eigenvalue weighted by Gasteiger charge is 2.15. The van der Waals surface area contributed by atoms with E-state index >= 15 is 0 Å². The Labute approximate surface area is 365 Å². The molecule has 0 N–H and O–H groups in total. The maximum atomic E-state index is 8.88. The Morgan fingerprint density at radius 3 is 1.15 bits per heavy atom. The van der Waals surface area contributed by atoms with Crippen molar-refractivity contribution >= 4 is 0 Å². The first-order chi connectivity index (χ1) is 30.5. The highest BCUT2D eigenvalue weighted by molar-refractivity contribution is 5.62. The van der Waals surface area contributed by atoms with Crippen LogP contribution >= 0.6 is 0 Å². The molecule has 0 atom stereocenters. The molecule has 0 aliphatic carbocycles. The van der Waals surface area contributed by atoms with Crippen molar-refractivity contribution in [2.45, 2.75) is 58.9 Å². The number of hydrogen-bond acceptors (Lipinski definition) is 1. The largest absolute Gasteiger partial charge is 0.317 e. The molecule has 0 saturated carbocycles. The third-order valence-corrected chi connectivity index (χ3v) is 11.2. The fraction of sp³-hybridized carbons (Fsp3) is 0.185. The van der Waals surface area contributed by atoms with E-state index in [-0.39, 0.29) is 0 Å². The molecule has 0 fully saturated rings. The normalized spacial score (nSPS) is 10.9. The molecule has 302 valence electrons. The van der Waals surface area contributed by atoms with Crippen LogP contribution in [0.25, 0.3) is 43.9 Å². The molecule has 0 radical (unpaired) electrons.